The van der Waals surface area contributed by atoms with Crippen molar-refractivity contribution < 1.29 is 35.7 Å². The third-order valence-electron chi connectivity index (χ3n) is 2.01. The monoisotopic (exact) mass is 202 g/mol. The topological polar surface area (TPSA) is 9.23 Å². The molecule has 0 aromatic heterocycles. The van der Waals surface area contributed by atoms with Crippen LogP contribution in [0, 0.1) is 0 Å². The molecule has 0 unspecified atom stereocenters. The molecular weight excluding hydrogens is 183 g/mol. The number of benzene rings is 1. The first-order valence-corrected chi connectivity index (χ1v) is 5.11. The summed E-state index contributed by atoms with van der Waals surface area (Å²) in [7, 11) is 0. The van der Waals surface area contributed by atoms with Crippen molar-refractivity contribution in [2.75, 3.05) is 6.61 Å². The van der Waals surface area contributed by atoms with Crippen LogP contribution in [0.25, 0.3) is 0 Å². The fourth-order valence-corrected chi connectivity index (χ4v) is 1.24. The normalized spacial score (nSPS) is 9.21. The average molecular weight is 202 g/mol. The zero-order chi connectivity index (χ0) is 9.36. The summed E-state index contributed by atoms with van der Waals surface area (Å²) in [6.07, 6.45) is 5.05. The zero-order valence-corrected chi connectivity index (χ0v) is 11.3. The molecule has 1 aromatic carbocycles. The molecule has 0 aliphatic rings. The van der Waals surface area contributed by atoms with Crippen LogP contribution >= 0.6 is 0 Å². The minimum atomic E-state index is 0. The molecule has 0 radical (unpaired) electrons. The van der Waals surface area contributed by atoms with Gasteiger partial charge in [0.15, 0.2) is 0 Å². The number of ether oxygens (including phenoxy) is 1. The average Bonchev–Trinajstić information content (AvgIpc) is 2.19. The maximum absolute atomic E-state index is 5.55. The summed E-state index contributed by atoms with van der Waals surface area (Å²) in [5, 5.41) is 0. The molecule has 0 bridgehead atoms. The molecule has 0 spiro atoms. The Kier molecular flexibility index (Phi) is 9.58. The Morgan fingerprint density at radius 2 is 1.79 bits per heavy atom. The first kappa shape index (κ1) is 14.0. The van der Waals surface area contributed by atoms with Gasteiger partial charge in [-0.3, -0.25) is 0 Å². The Morgan fingerprint density at radius 1 is 1.07 bits per heavy atom. The fourth-order valence-electron chi connectivity index (χ4n) is 1.24. The van der Waals surface area contributed by atoms with Crippen LogP contribution in [0.3, 0.4) is 0 Å². The van der Waals surface area contributed by atoms with E-state index >= 15 is 0 Å². The van der Waals surface area contributed by atoms with Crippen molar-refractivity contribution in [1.82, 2.24) is 0 Å². The molecule has 2 heteroatoms. The molecule has 1 nitrogen and oxygen atoms in total. The van der Waals surface area contributed by atoms with Gasteiger partial charge in [0.25, 0.3) is 0 Å². The Hall–Kier alpha value is 0.0200. The molecule has 0 amide bonds. The number of para-hydroxylation sites is 1. The van der Waals surface area contributed by atoms with Gasteiger partial charge in [-0.15, -0.1) is 0 Å². The van der Waals surface area contributed by atoms with Gasteiger partial charge in [0.2, 0.25) is 0 Å². The molecule has 0 atom stereocenters. The summed E-state index contributed by atoms with van der Waals surface area (Å²) >= 11 is 0. The first-order chi connectivity index (χ1) is 6.43. The standard InChI is InChI=1S/C12H18O.Na.H/c1-2-3-4-8-11-13-12-9-6-5-7-10-12;;/h5-7,9-10H,2-4,8,11H2,1H3;;/q;+1;-1. The molecule has 0 saturated carbocycles. The van der Waals surface area contributed by atoms with Crippen molar-refractivity contribution >= 4 is 0 Å². The summed E-state index contributed by atoms with van der Waals surface area (Å²) in [5.74, 6) is 0.985. The van der Waals surface area contributed by atoms with E-state index in [-0.39, 0.29) is 31.0 Å². The van der Waals surface area contributed by atoms with Gasteiger partial charge in [-0.1, -0.05) is 44.4 Å². The maximum atomic E-state index is 5.55. The second-order valence-corrected chi connectivity index (χ2v) is 3.22. The van der Waals surface area contributed by atoms with Gasteiger partial charge in [-0.2, -0.15) is 0 Å². The van der Waals surface area contributed by atoms with E-state index in [0.29, 0.717) is 0 Å². The van der Waals surface area contributed by atoms with Gasteiger partial charge in [0.05, 0.1) is 6.61 Å². The summed E-state index contributed by atoms with van der Waals surface area (Å²) < 4.78 is 5.55. The molecule has 0 fully saturated rings. The van der Waals surface area contributed by atoms with E-state index in [9.17, 15) is 0 Å². The second kappa shape index (κ2) is 9.57. The number of hydrogen-bond acceptors (Lipinski definition) is 1. The Balaban J connectivity index is 0. The van der Waals surface area contributed by atoms with E-state index in [0.717, 1.165) is 12.4 Å². The van der Waals surface area contributed by atoms with Crippen molar-refractivity contribution in [3.63, 3.8) is 0 Å². The minimum absolute atomic E-state index is 0. The predicted molar refractivity (Wildman–Crippen MR) is 57.2 cm³/mol. The van der Waals surface area contributed by atoms with Gasteiger partial charge in [0, 0.05) is 0 Å². The van der Waals surface area contributed by atoms with E-state index < -0.39 is 0 Å². The van der Waals surface area contributed by atoms with Crippen molar-refractivity contribution in [2.45, 2.75) is 32.6 Å². The molecule has 14 heavy (non-hydrogen) atoms. The number of rotatable bonds is 6. The van der Waals surface area contributed by atoms with E-state index in [4.69, 9.17) is 4.74 Å². The molecular formula is C12H19NaO. The predicted octanol–water partition coefficient (Wildman–Crippen LogP) is 0.762. The first-order valence-electron chi connectivity index (χ1n) is 5.11. The fraction of sp³-hybridized carbons (Fsp3) is 0.500. The van der Waals surface area contributed by atoms with Crippen LogP contribution in [0.1, 0.15) is 34.0 Å². The number of unbranched alkanes of at least 4 members (excludes halogenated alkanes) is 3. The molecule has 1 aromatic rings. The molecule has 1 rings (SSSR count). The van der Waals surface area contributed by atoms with Gasteiger partial charge in [0.1, 0.15) is 5.75 Å². The Labute approximate surface area is 111 Å². The van der Waals surface area contributed by atoms with Crippen molar-refractivity contribution in [1.29, 1.82) is 0 Å². The van der Waals surface area contributed by atoms with Crippen LogP contribution in [-0.2, 0) is 0 Å². The van der Waals surface area contributed by atoms with E-state index in [1.54, 1.807) is 0 Å². The second-order valence-electron chi connectivity index (χ2n) is 3.22. The third kappa shape index (κ3) is 6.47. The van der Waals surface area contributed by atoms with E-state index in [2.05, 4.69) is 6.92 Å². The molecule has 0 aliphatic carbocycles. The van der Waals surface area contributed by atoms with Crippen LogP contribution < -0.4 is 34.3 Å². The van der Waals surface area contributed by atoms with Crippen molar-refractivity contribution in [3.05, 3.63) is 30.3 Å². The van der Waals surface area contributed by atoms with Gasteiger partial charge < -0.3 is 6.16 Å². The van der Waals surface area contributed by atoms with Gasteiger partial charge >= 0.3 is 29.6 Å². The largest absolute Gasteiger partial charge is 1.00 e. The molecule has 0 saturated heterocycles. The Bertz CT molecular complexity index is 216. The van der Waals surface area contributed by atoms with Crippen LogP contribution in [0.5, 0.6) is 5.75 Å². The van der Waals surface area contributed by atoms with Crippen molar-refractivity contribution in [3.8, 4) is 5.75 Å². The summed E-state index contributed by atoms with van der Waals surface area (Å²) in [4.78, 5) is 0. The molecule has 0 aliphatic heterocycles. The Morgan fingerprint density at radius 3 is 2.43 bits per heavy atom. The van der Waals surface area contributed by atoms with Crippen LogP contribution in [0.4, 0.5) is 0 Å². The summed E-state index contributed by atoms with van der Waals surface area (Å²) in [6, 6.07) is 10.0. The van der Waals surface area contributed by atoms with E-state index in [1.165, 1.54) is 25.7 Å². The van der Waals surface area contributed by atoms with E-state index in [1.807, 2.05) is 30.3 Å². The molecule has 74 valence electrons. The smallest absolute Gasteiger partial charge is 1.00 e. The molecule has 0 heterocycles. The van der Waals surface area contributed by atoms with Gasteiger partial charge in [-0.05, 0) is 18.6 Å². The van der Waals surface area contributed by atoms with Crippen molar-refractivity contribution in [2.24, 2.45) is 0 Å². The van der Waals surface area contributed by atoms with Crippen LogP contribution in [-0.4, -0.2) is 6.61 Å². The quantitative estimate of drug-likeness (QED) is 0.489. The maximum Gasteiger partial charge on any atom is 1.00 e. The van der Waals surface area contributed by atoms with Crippen LogP contribution in [0.15, 0.2) is 30.3 Å². The molecule has 0 N–H and O–H groups in total. The zero-order valence-electron chi connectivity index (χ0n) is 10.3. The SMILES string of the molecule is CCCCCCOc1ccccc1.[H-].[Na+]. The number of hydrogen-bond donors (Lipinski definition) is 0. The van der Waals surface area contributed by atoms with Gasteiger partial charge in [-0.25, -0.2) is 0 Å². The minimum Gasteiger partial charge on any atom is -1.00 e. The summed E-state index contributed by atoms with van der Waals surface area (Å²) in [5.41, 5.74) is 0. The summed E-state index contributed by atoms with van der Waals surface area (Å²) in [6.45, 7) is 3.07. The van der Waals surface area contributed by atoms with Crippen LogP contribution in [0.2, 0.25) is 0 Å². The third-order valence-corrected chi connectivity index (χ3v) is 2.01.